The predicted molar refractivity (Wildman–Crippen MR) is 126 cm³/mol. The third kappa shape index (κ3) is 4.00. The van der Waals surface area contributed by atoms with Crippen molar-refractivity contribution in [3.8, 4) is 0 Å². The summed E-state index contributed by atoms with van der Waals surface area (Å²) in [7, 11) is 0. The van der Waals surface area contributed by atoms with Gasteiger partial charge in [0.1, 0.15) is 11.4 Å². The summed E-state index contributed by atoms with van der Waals surface area (Å²) in [4.78, 5) is 30.9. The number of likely N-dealkylation sites (N-methyl/N-ethyl adjacent to an activating group) is 2. The molecule has 168 valence electrons. The number of hydrogen-bond donors (Lipinski definition) is 0. The van der Waals surface area contributed by atoms with E-state index in [4.69, 9.17) is 12.2 Å². The first-order valence-corrected chi connectivity index (χ1v) is 11.5. The zero-order valence-electron chi connectivity index (χ0n) is 19.3. The molecule has 2 aliphatic heterocycles. The average Bonchev–Trinajstić information content (AvgIpc) is 2.69. The Morgan fingerprint density at radius 1 is 1.13 bits per heavy atom. The molecule has 31 heavy (non-hydrogen) atoms. The summed E-state index contributed by atoms with van der Waals surface area (Å²) in [5, 5.41) is 0.203. The molecule has 1 fully saturated rings. The lowest BCUT2D eigenvalue weighted by Crippen LogP contribution is -2.55. The summed E-state index contributed by atoms with van der Waals surface area (Å²) in [6.07, 6.45) is 3.30. The van der Waals surface area contributed by atoms with Crippen molar-refractivity contribution in [1.29, 1.82) is 0 Å². The van der Waals surface area contributed by atoms with Gasteiger partial charge in [0.05, 0.1) is 0 Å². The maximum atomic E-state index is 15.3. The maximum Gasteiger partial charge on any atom is 0.265 e. The number of anilines is 1. The molecule has 0 radical (unpaired) electrons. The molecule has 2 aliphatic rings. The van der Waals surface area contributed by atoms with E-state index in [1.54, 1.807) is 26.0 Å². The third-order valence-corrected chi connectivity index (χ3v) is 6.74. The van der Waals surface area contributed by atoms with Crippen LogP contribution in [0.3, 0.4) is 0 Å². The van der Waals surface area contributed by atoms with Crippen molar-refractivity contribution in [2.24, 2.45) is 0 Å². The summed E-state index contributed by atoms with van der Waals surface area (Å²) in [6, 6.07) is 3.37. The zero-order valence-corrected chi connectivity index (χ0v) is 20.1. The second kappa shape index (κ2) is 8.69. The van der Waals surface area contributed by atoms with E-state index in [-0.39, 0.29) is 27.7 Å². The number of thiocarbonyl (C=S) groups is 1. The second-order valence-corrected chi connectivity index (χ2v) is 9.31. The molecular formula is C24H32FN3O2S. The van der Waals surface area contributed by atoms with Gasteiger partial charge in [-0.05, 0) is 82.4 Å². The Labute approximate surface area is 189 Å². The van der Waals surface area contributed by atoms with E-state index in [1.807, 2.05) is 0 Å². The molecule has 1 atom stereocenters. The third-order valence-electron chi connectivity index (χ3n) is 6.30. The van der Waals surface area contributed by atoms with E-state index >= 15 is 4.39 Å². The second-order valence-electron chi connectivity index (χ2n) is 8.94. The first-order chi connectivity index (χ1) is 14.6. The van der Waals surface area contributed by atoms with Crippen LogP contribution in [0.4, 0.5) is 10.1 Å². The summed E-state index contributed by atoms with van der Waals surface area (Å²) in [6.45, 7) is 13.8. The smallest absolute Gasteiger partial charge is 0.265 e. The number of amides is 2. The minimum Gasteiger partial charge on any atom is -0.366 e. The normalized spacial score (nSPS) is 21.0. The monoisotopic (exact) mass is 445 g/mol. The number of fused-ring (bicyclic) bond motifs is 1. The van der Waals surface area contributed by atoms with E-state index in [0.717, 1.165) is 30.6 Å². The maximum absolute atomic E-state index is 15.3. The van der Waals surface area contributed by atoms with Crippen LogP contribution in [0.25, 0.3) is 6.08 Å². The van der Waals surface area contributed by atoms with Crippen molar-refractivity contribution in [2.75, 3.05) is 24.5 Å². The number of carbonyl (C=O) groups excluding carboxylic acids is 2. The fraction of sp³-hybridized carbons (Fsp3) is 0.542. The number of nitrogens with zero attached hydrogens (tertiary/aromatic N) is 3. The van der Waals surface area contributed by atoms with Crippen LogP contribution in [0.15, 0.2) is 17.7 Å². The lowest BCUT2D eigenvalue weighted by molar-refractivity contribution is -0.133. The molecule has 0 aliphatic carbocycles. The number of carbonyl (C=O) groups is 2. The largest absolute Gasteiger partial charge is 0.366 e. The number of hydrogen-bond acceptors (Lipinski definition) is 4. The first kappa shape index (κ1) is 23.4. The highest BCUT2D eigenvalue weighted by molar-refractivity contribution is 7.80. The fourth-order valence-electron chi connectivity index (χ4n) is 4.82. The highest BCUT2D eigenvalue weighted by Gasteiger charge is 2.39. The van der Waals surface area contributed by atoms with E-state index in [9.17, 15) is 9.59 Å². The van der Waals surface area contributed by atoms with Crippen LogP contribution in [-0.2, 0) is 9.59 Å². The Bertz CT molecular complexity index is 928. The molecule has 1 unspecified atom stereocenters. The number of rotatable bonds is 5. The summed E-state index contributed by atoms with van der Waals surface area (Å²) < 4.78 is 15.3. The van der Waals surface area contributed by atoms with Crippen LogP contribution in [0.1, 0.15) is 71.4 Å². The molecule has 2 amide bonds. The van der Waals surface area contributed by atoms with Gasteiger partial charge in [-0.2, -0.15) is 0 Å². The molecule has 0 saturated carbocycles. The van der Waals surface area contributed by atoms with Gasteiger partial charge >= 0.3 is 0 Å². The SMILES string of the molecule is CCCN1c2cc(F)c(C=C3C(=O)N(CC)C(=S)N(CC)C3=O)cc2C(C)CC1(C)C. The van der Waals surface area contributed by atoms with Crippen LogP contribution < -0.4 is 4.90 Å². The van der Waals surface area contributed by atoms with Crippen LogP contribution in [-0.4, -0.2) is 51.9 Å². The lowest BCUT2D eigenvalue weighted by atomic mass is 9.79. The van der Waals surface area contributed by atoms with E-state index in [2.05, 4.69) is 32.6 Å². The molecule has 1 aromatic rings. The number of benzene rings is 1. The van der Waals surface area contributed by atoms with Crippen LogP contribution >= 0.6 is 12.2 Å². The lowest BCUT2D eigenvalue weighted by Gasteiger charge is -2.47. The number of halogens is 1. The minimum absolute atomic E-state index is 0.0506. The van der Waals surface area contributed by atoms with Crippen molar-refractivity contribution in [3.05, 3.63) is 34.6 Å². The van der Waals surface area contributed by atoms with Crippen LogP contribution in [0.5, 0.6) is 0 Å². The summed E-state index contributed by atoms with van der Waals surface area (Å²) >= 11 is 5.30. The highest BCUT2D eigenvalue weighted by Crippen LogP contribution is 2.44. The Morgan fingerprint density at radius 3 is 2.23 bits per heavy atom. The van der Waals surface area contributed by atoms with Gasteiger partial charge in [-0.15, -0.1) is 0 Å². The van der Waals surface area contributed by atoms with Gasteiger partial charge in [-0.25, -0.2) is 4.39 Å². The molecule has 0 aromatic heterocycles. The Balaban J connectivity index is 2.11. The fourth-order valence-corrected chi connectivity index (χ4v) is 5.24. The molecule has 0 bridgehead atoms. The Hall–Kier alpha value is -2.28. The zero-order chi connectivity index (χ0) is 23.1. The van der Waals surface area contributed by atoms with E-state index in [1.165, 1.54) is 15.9 Å². The molecule has 3 rings (SSSR count). The van der Waals surface area contributed by atoms with Gasteiger partial charge in [-0.1, -0.05) is 13.8 Å². The standard InChI is InChI=1S/C24H32FN3O2S/c1-7-10-28-20-13-19(25)16(11-17(20)15(4)14-24(28,5)6)12-18-21(29)26(8-2)23(31)27(9-3)22(18)30/h11-13,15H,7-10,14H2,1-6H3. The van der Waals surface area contributed by atoms with Crippen molar-refractivity contribution in [1.82, 2.24) is 9.80 Å². The van der Waals surface area contributed by atoms with Crippen LogP contribution in [0.2, 0.25) is 0 Å². The topological polar surface area (TPSA) is 43.9 Å². The van der Waals surface area contributed by atoms with Gasteiger partial charge in [0.25, 0.3) is 11.8 Å². The highest BCUT2D eigenvalue weighted by atomic mass is 32.1. The molecular weight excluding hydrogens is 413 g/mol. The van der Waals surface area contributed by atoms with Crippen molar-refractivity contribution < 1.29 is 14.0 Å². The Morgan fingerprint density at radius 2 is 1.71 bits per heavy atom. The predicted octanol–water partition coefficient (Wildman–Crippen LogP) is 4.71. The van der Waals surface area contributed by atoms with Crippen molar-refractivity contribution in [3.63, 3.8) is 0 Å². The van der Waals surface area contributed by atoms with Gasteiger partial charge in [0, 0.05) is 36.4 Å². The molecule has 1 saturated heterocycles. The molecule has 1 aromatic carbocycles. The quantitative estimate of drug-likeness (QED) is 0.374. The molecule has 0 N–H and O–H groups in total. The van der Waals surface area contributed by atoms with E-state index in [0.29, 0.717) is 13.1 Å². The van der Waals surface area contributed by atoms with Gasteiger partial charge in [0.15, 0.2) is 5.11 Å². The first-order valence-electron chi connectivity index (χ1n) is 11.1. The molecule has 0 spiro atoms. The van der Waals surface area contributed by atoms with Crippen molar-refractivity contribution >= 4 is 40.9 Å². The Kier molecular flexibility index (Phi) is 6.56. The van der Waals surface area contributed by atoms with Gasteiger partial charge in [-0.3, -0.25) is 19.4 Å². The molecule has 5 nitrogen and oxygen atoms in total. The van der Waals surface area contributed by atoms with Gasteiger partial charge < -0.3 is 4.90 Å². The summed E-state index contributed by atoms with van der Waals surface area (Å²) in [5.74, 6) is -1.14. The summed E-state index contributed by atoms with van der Waals surface area (Å²) in [5.41, 5.74) is 2.09. The molecule has 2 heterocycles. The van der Waals surface area contributed by atoms with Crippen LogP contribution in [0, 0.1) is 5.82 Å². The van der Waals surface area contributed by atoms with E-state index < -0.39 is 17.6 Å². The van der Waals surface area contributed by atoms with Crippen molar-refractivity contribution in [2.45, 2.75) is 65.8 Å². The molecule has 7 heteroatoms. The average molecular weight is 446 g/mol. The van der Waals surface area contributed by atoms with Gasteiger partial charge in [0.2, 0.25) is 0 Å². The minimum atomic E-state index is -0.471.